The molecule has 1 aromatic rings. The van der Waals surface area contributed by atoms with Gasteiger partial charge in [0.05, 0.1) is 0 Å². The first-order valence-electron chi connectivity index (χ1n) is 5.77. The minimum Gasteiger partial charge on any atom is -0.480 e. The van der Waals surface area contributed by atoms with Gasteiger partial charge in [-0.3, -0.25) is 9.59 Å². The number of aliphatic carboxylic acids is 1. The molecule has 0 saturated heterocycles. The van der Waals surface area contributed by atoms with E-state index in [4.69, 9.17) is 5.11 Å². The van der Waals surface area contributed by atoms with Crippen LogP contribution in [0.1, 0.15) is 41.1 Å². The van der Waals surface area contributed by atoms with Gasteiger partial charge in [-0.2, -0.15) is 0 Å². The van der Waals surface area contributed by atoms with Crippen LogP contribution in [0.5, 0.6) is 0 Å². The molecule has 0 radical (unpaired) electrons. The van der Waals surface area contributed by atoms with Crippen LogP contribution in [0.15, 0.2) is 24.3 Å². The molecule has 0 spiro atoms. The highest BCUT2D eigenvalue weighted by Gasteiger charge is 2.19. The van der Waals surface area contributed by atoms with Crippen LogP contribution >= 0.6 is 0 Å². The third kappa shape index (κ3) is 2.84. The number of carbonyl (C=O) groups is 2. The van der Waals surface area contributed by atoms with E-state index in [2.05, 4.69) is 5.32 Å². The fraction of sp³-hybridized carbons (Fsp3) is 0.385. The van der Waals surface area contributed by atoms with E-state index < -0.39 is 5.97 Å². The largest absolute Gasteiger partial charge is 0.480 e. The fourth-order valence-corrected chi connectivity index (χ4v) is 1.91. The lowest BCUT2D eigenvalue weighted by atomic mass is 9.80. The lowest BCUT2D eigenvalue weighted by Crippen LogP contribution is -2.29. The van der Waals surface area contributed by atoms with E-state index in [1.807, 2.05) is 12.1 Å². The Hall–Kier alpha value is -1.84. The third-order valence-electron chi connectivity index (χ3n) is 3.15. The van der Waals surface area contributed by atoms with Crippen LogP contribution in [0.2, 0.25) is 0 Å². The van der Waals surface area contributed by atoms with E-state index in [-0.39, 0.29) is 12.5 Å². The van der Waals surface area contributed by atoms with Crippen LogP contribution < -0.4 is 5.32 Å². The van der Waals surface area contributed by atoms with E-state index >= 15 is 0 Å². The summed E-state index contributed by atoms with van der Waals surface area (Å²) >= 11 is 0. The van der Waals surface area contributed by atoms with Crippen LogP contribution in [0.25, 0.3) is 0 Å². The predicted octanol–water partition coefficient (Wildman–Crippen LogP) is 1.77. The van der Waals surface area contributed by atoms with Crippen molar-refractivity contribution >= 4 is 11.9 Å². The molecule has 0 heterocycles. The number of benzene rings is 1. The van der Waals surface area contributed by atoms with E-state index in [0.717, 1.165) is 0 Å². The van der Waals surface area contributed by atoms with Gasteiger partial charge >= 0.3 is 5.97 Å². The molecule has 1 saturated carbocycles. The summed E-state index contributed by atoms with van der Waals surface area (Å²) < 4.78 is 0. The van der Waals surface area contributed by atoms with Gasteiger partial charge in [-0.15, -0.1) is 0 Å². The smallest absolute Gasteiger partial charge is 0.322 e. The zero-order valence-corrected chi connectivity index (χ0v) is 9.48. The molecule has 1 amide bonds. The highest BCUT2D eigenvalue weighted by Crippen LogP contribution is 2.36. The average molecular weight is 233 g/mol. The number of nitrogens with one attached hydrogen (secondary N) is 1. The molecule has 4 nitrogen and oxygen atoms in total. The van der Waals surface area contributed by atoms with Crippen molar-refractivity contribution in [3.63, 3.8) is 0 Å². The Morgan fingerprint density at radius 2 is 1.88 bits per heavy atom. The van der Waals surface area contributed by atoms with Gasteiger partial charge in [0, 0.05) is 5.56 Å². The molecule has 1 aliphatic rings. The van der Waals surface area contributed by atoms with Crippen molar-refractivity contribution in [2.75, 3.05) is 6.54 Å². The van der Waals surface area contributed by atoms with Crippen LogP contribution in [0.4, 0.5) is 0 Å². The van der Waals surface area contributed by atoms with Crippen LogP contribution in [0, 0.1) is 0 Å². The Labute approximate surface area is 99.6 Å². The molecule has 90 valence electrons. The van der Waals surface area contributed by atoms with Crippen molar-refractivity contribution in [3.05, 3.63) is 35.4 Å². The van der Waals surface area contributed by atoms with Crippen molar-refractivity contribution in [3.8, 4) is 0 Å². The maximum absolute atomic E-state index is 11.5. The molecule has 0 unspecified atom stereocenters. The average Bonchev–Trinajstić information content (AvgIpc) is 2.24. The molecule has 2 rings (SSSR count). The quantitative estimate of drug-likeness (QED) is 0.832. The molecule has 2 N–H and O–H groups in total. The summed E-state index contributed by atoms with van der Waals surface area (Å²) in [6.07, 6.45) is 3.74. The van der Waals surface area contributed by atoms with Gasteiger partial charge in [0.2, 0.25) is 0 Å². The topological polar surface area (TPSA) is 66.4 Å². The van der Waals surface area contributed by atoms with E-state index in [1.165, 1.54) is 24.8 Å². The number of carbonyl (C=O) groups excluding carboxylic acids is 1. The summed E-state index contributed by atoms with van der Waals surface area (Å²) in [6.45, 7) is -0.344. The molecule has 1 fully saturated rings. The van der Waals surface area contributed by atoms with Gasteiger partial charge in [0.1, 0.15) is 6.54 Å². The first-order valence-corrected chi connectivity index (χ1v) is 5.77. The number of amides is 1. The molecular formula is C13H15NO3. The first-order chi connectivity index (χ1) is 8.16. The number of carboxylic acid groups (broad SMARTS) is 1. The fourth-order valence-electron chi connectivity index (χ4n) is 1.91. The van der Waals surface area contributed by atoms with Gasteiger partial charge < -0.3 is 10.4 Å². The standard InChI is InChI=1S/C13H15NO3/c15-12(16)8-14-13(17)11-6-4-10(5-7-11)9-2-1-3-9/h4-7,9H,1-3,8H2,(H,14,17)(H,15,16). The molecule has 1 aromatic carbocycles. The summed E-state index contributed by atoms with van der Waals surface area (Å²) in [5.41, 5.74) is 1.78. The lowest BCUT2D eigenvalue weighted by Gasteiger charge is -2.25. The zero-order chi connectivity index (χ0) is 12.3. The molecule has 0 bridgehead atoms. The SMILES string of the molecule is O=C(O)CNC(=O)c1ccc(C2CCC2)cc1. The Kier molecular flexibility index (Phi) is 3.42. The Balaban J connectivity index is 1.96. The second kappa shape index (κ2) is 4.99. The van der Waals surface area contributed by atoms with Crippen molar-refractivity contribution in [2.45, 2.75) is 25.2 Å². The van der Waals surface area contributed by atoms with Crippen LogP contribution in [0.3, 0.4) is 0 Å². The van der Waals surface area contributed by atoms with E-state index in [9.17, 15) is 9.59 Å². The first kappa shape index (κ1) is 11.6. The van der Waals surface area contributed by atoms with E-state index in [1.54, 1.807) is 12.1 Å². The number of hydrogen-bond acceptors (Lipinski definition) is 2. The zero-order valence-electron chi connectivity index (χ0n) is 9.48. The van der Waals surface area contributed by atoms with Crippen LogP contribution in [-0.2, 0) is 4.79 Å². The van der Waals surface area contributed by atoms with Gasteiger partial charge in [-0.1, -0.05) is 18.6 Å². The Morgan fingerprint density at radius 1 is 1.24 bits per heavy atom. The lowest BCUT2D eigenvalue weighted by molar-refractivity contribution is -0.135. The van der Waals surface area contributed by atoms with Crippen LogP contribution in [-0.4, -0.2) is 23.5 Å². The predicted molar refractivity (Wildman–Crippen MR) is 63.0 cm³/mol. The Bertz CT molecular complexity index is 421. The van der Waals surface area contributed by atoms with Crippen molar-refractivity contribution in [2.24, 2.45) is 0 Å². The summed E-state index contributed by atoms with van der Waals surface area (Å²) in [5.74, 6) is -0.733. The maximum Gasteiger partial charge on any atom is 0.322 e. The summed E-state index contributed by atoms with van der Waals surface area (Å²) in [7, 11) is 0. The van der Waals surface area contributed by atoms with Gasteiger partial charge in [-0.25, -0.2) is 0 Å². The number of hydrogen-bond donors (Lipinski definition) is 2. The second-order valence-electron chi connectivity index (χ2n) is 4.33. The van der Waals surface area contributed by atoms with E-state index in [0.29, 0.717) is 11.5 Å². The monoisotopic (exact) mass is 233 g/mol. The van der Waals surface area contributed by atoms with Crippen molar-refractivity contribution in [1.29, 1.82) is 0 Å². The van der Waals surface area contributed by atoms with Gasteiger partial charge in [-0.05, 0) is 36.5 Å². The minimum atomic E-state index is -1.04. The third-order valence-corrected chi connectivity index (χ3v) is 3.15. The highest BCUT2D eigenvalue weighted by atomic mass is 16.4. The Morgan fingerprint density at radius 3 is 2.35 bits per heavy atom. The molecule has 0 atom stereocenters. The molecule has 1 aliphatic carbocycles. The molecule has 4 heteroatoms. The second-order valence-corrected chi connectivity index (χ2v) is 4.33. The molecule has 17 heavy (non-hydrogen) atoms. The molecular weight excluding hydrogens is 218 g/mol. The summed E-state index contributed by atoms with van der Waals surface area (Å²) in [6, 6.07) is 7.43. The number of carboxylic acids is 1. The summed E-state index contributed by atoms with van der Waals surface area (Å²) in [5, 5.41) is 10.8. The molecule has 0 aliphatic heterocycles. The normalized spacial score (nSPS) is 15.1. The maximum atomic E-state index is 11.5. The van der Waals surface area contributed by atoms with Gasteiger partial charge in [0.25, 0.3) is 5.91 Å². The van der Waals surface area contributed by atoms with Crippen molar-refractivity contribution in [1.82, 2.24) is 5.32 Å². The number of rotatable bonds is 4. The minimum absolute atomic E-state index is 0.340. The van der Waals surface area contributed by atoms with Gasteiger partial charge in [0.15, 0.2) is 0 Å². The highest BCUT2D eigenvalue weighted by molar-refractivity contribution is 5.95. The summed E-state index contributed by atoms with van der Waals surface area (Å²) in [4.78, 5) is 21.8. The molecule has 0 aromatic heterocycles. The van der Waals surface area contributed by atoms with Crippen molar-refractivity contribution < 1.29 is 14.7 Å².